The molecule has 0 radical (unpaired) electrons. The molecule has 1 aromatic rings. The Labute approximate surface area is 112 Å². The van der Waals surface area contributed by atoms with E-state index in [1.54, 1.807) is 24.3 Å². The summed E-state index contributed by atoms with van der Waals surface area (Å²) in [4.78, 5) is 22.6. The van der Waals surface area contributed by atoms with Crippen LogP contribution in [0.3, 0.4) is 0 Å². The van der Waals surface area contributed by atoms with E-state index in [1.807, 2.05) is 0 Å². The van der Waals surface area contributed by atoms with Crippen molar-refractivity contribution < 1.29 is 14.7 Å². The van der Waals surface area contributed by atoms with E-state index in [-0.39, 0.29) is 12.5 Å². The number of hydrogen-bond acceptors (Lipinski definition) is 3. The maximum absolute atomic E-state index is 11.7. The van der Waals surface area contributed by atoms with Crippen LogP contribution >= 0.6 is 0 Å². The Morgan fingerprint density at radius 3 is 2.16 bits per heavy atom. The van der Waals surface area contributed by atoms with Crippen molar-refractivity contribution >= 4 is 11.8 Å². The van der Waals surface area contributed by atoms with E-state index >= 15 is 0 Å². The predicted molar refractivity (Wildman–Crippen MR) is 72.8 cm³/mol. The number of aliphatic hydroxyl groups excluding tert-OH is 1. The van der Waals surface area contributed by atoms with Gasteiger partial charge in [-0.05, 0) is 37.1 Å². The highest BCUT2D eigenvalue weighted by Crippen LogP contribution is 2.04. The van der Waals surface area contributed by atoms with Crippen molar-refractivity contribution in [3.05, 3.63) is 35.4 Å². The molecule has 0 atom stereocenters. The van der Waals surface area contributed by atoms with Crippen molar-refractivity contribution in [3.8, 4) is 0 Å². The number of carbonyl (C=O) groups is 2. The molecule has 0 aromatic heterocycles. The fraction of sp³-hybridized carbons (Fsp3) is 0.429. The minimum atomic E-state index is -0.504. The van der Waals surface area contributed by atoms with Gasteiger partial charge in [-0.3, -0.25) is 9.59 Å². The lowest BCUT2D eigenvalue weighted by atomic mass is 10.1. The minimum absolute atomic E-state index is 0.154. The van der Waals surface area contributed by atoms with Gasteiger partial charge in [0, 0.05) is 24.3 Å². The highest BCUT2D eigenvalue weighted by molar-refractivity contribution is 5.97. The lowest BCUT2D eigenvalue weighted by Gasteiger charge is -2.05. The van der Waals surface area contributed by atoms with E-state index in [0.29, 0.717) is 17.7 Å². The summed E-state index contributed by atoms with van der Waals surface area (Å²) >= 11 is 0. The summed E-state index contributed by atoms with van der Waals surface area (Å²) in [5.41, 5.74) is 6.02. The summed E-state index contributed by atoms with van der Waals surface area (Å²) in [5.74, 6) is -0.658. The van der Waals surface area contributed by atoms with E-state index < -0.39 is 5.91 Å². The first-order chi connectivity index (χ1) is 9.15. The van der Waals surface area contributed by atoms with Crippen LogP contribution in [0.5, 0.6) is 0 Å². The molecule has 5 heteroatoms. The van der Waals surface area contributed by atoms with Crippen LogP contribution in [0, 0.1) is 0 Å². The van der Waals surface area contributed by atoms with Crippen LogP contribution in [-0.4, -0.2) is 30.1 Å². The van der Waals surface area contributed by atoms with E-state index in [1.165, 1.54) is 0 Å². The molecular weight excluding hydrogens is 244 g/mol. The number of benzene rings is 1. The molecular formula is C14H20N2O3. The van der Waals surface area contributed by atoms with Crippen LogP contribution in [0.25, 0.3) is 0 Å². The van der Waals surface area contributed by atoms with E-state index in [0.717, 1.165) is 25.7 Å². The number of aliphatic hydroxyl groups is 1. The van der Waals surface area contributed by atoms with Crippen LogP contribution in [0.15, 0.2) is 24.3 Å². The molecule has 0 saturated heterocycles. The number of amides is 2. The molecule has 4 N–H and O–H groups in total. The summed E-state index contributed by atoms with van der Waals surface area (Å²) in [6.45, 7) is 0.834. The lowest BCUT2D eigenvalue weighted by Crippen LogP contribution is -2.24. The van der Waals surface area contributed by atoms with Crippen molar-refractivity contribution in [2.45, 2.75) is 25.7 Å². The van der Waals surface area contributed by atoms with Gasteiger partial charge in [0.25, 0.3) is 5.91 Å². The second-order valence-electron chi connectivity index (χ2n) is 4.34. The SMILES string of the molecule is NC(=O)c1ccc(C(=O)NCCCCCCO)cc1. The van der Waals surface area contributed by atoms with Gasteiger partial charge in [-0.1, -0.05) is 12.8 Å². The second kappa shape index (κ2) is 8.26. The van der Waals surface area contributed by atoms with Crippen molar-refractivity contribution in [3.63, 3.8) is 0 Å². The van der Waals surface area contributed by atoms with Gasteiger partial charge in [0.15, 0.2) is 0 Å². The van der Waals surface area contributed by atoms with Crippen LogP contribution in [0.4, 0.5) is 0 Å². The zero-order valence-electron chi connectivity index (χ0n) is 10.9. The monoisotopic (exact) mass is 264 g/mol. The Balaban J connectivity index is 2.31. The molecule has 104 valence electrons. The first-order valence-electron chi connectivity index (χ1n) is 6.44. The molecule has 0 aliphatic rings. The number of rotatable bonds is 8. The number of unbranched alkanes of at least 4 members (excludes halogenated alkanes) is 3. The third-order valence-corrected chi connectivity index (χ3v) is 2.80. The van der Waals surface area contributed by atoms with Gasteiger partial charge in [-0.2, -0.15) is 0 Å². The third kappa shape index (κ3) is 5.52. The van der Waals surface area contributed by atoms with Gasteiger partial charge in [0.1, 0.15) is 0 Å². The summed E-state index contributed by atoms with van der Waals surface area (Å²) in [5, 5.41) is 11.4. The molecule has 0 saturated carbocycles. The van der Waals surface area contributed by atoms with Crippen molar-refractivity contribution in [2.75, 3.05) is 13.2 Å². The highest BCUT2D eigenvalue weighted by atomic mass is 16.2. The summed E-state index contributed by atoms with van der Waals surface area (Å²) in [6.07, 6.45) is 3.66. The van der Waals surface area contributed by atoms with Crippen molar-refractivity contribution in [1.29, 1.82) is 0 Å². The number of primary amides is 1. The fourth-order valence-electron chi connectivity index (χ4n) is 1.68. The minimum Gasteiger partial charge on any atom is -0.396 e. The van der Waals surface area contributed by atoms with Crippen LogP contribution in [0.2, 0.25) is 0 Å². The van der Waals surface area contributed by atoms with Crippen molar-refractivity contribution in [2.24, 2.45) is 5.73 Å². The summed E-state index contributed by atoms with van der Waals surface area (Å²) in [7, 11) is 0. The molecule has 0 unspecified atom stereocenters. The predicted octanol–water partition coefficient (Wildman–Crippen LogP) is 1.07. The van der Waals surface area contributed by atoms with E-state index in [2.05, 4.69) is 5.32 Å². The topological polar surface area (TPSA) is 92.4 Å². The van der Waals surface area contributed by atoms with Gasteiger partial charge in [0.2, 0.25) is 5.91 Å². The Morgan fingerprint density at radius 1 is 1.00 bits per heavy atom. The molecule has 2 amide bonds. The molecule has 0 aliphatic heterocycles. The fourth-order valence-corrected chi connectivity index (χ4v) is 1.68. The molecule has 19 heavy (non-hydrogen) atoms. The summed E-state index contributed by atoms with van der Waals surface area (Å²) in [6, 6.07) is 6.25. The largest absolute Gasteiger partial charge is 0.396 e. The molecule has 0 fully saturated rings. The molecule has 0 spiro atoms. The average Bonchev–Trinajstić information content (AvgIpc) is 2.42. The zero-order valence-corrected chi connectivity index (χ0v) is 10.9. The van der Waals surface area contributed by atoms with Crippen LogP contribution in [0.1, 0.15) is 46.4 Å². The normalized spacial score (nSPS) is 10.2. The van der Waals surface area contributed by atoms with Gasteiger partial charge in [0.05, 0.1) is 0 Å². The standard InChI is InChI=1S/C14H20N2O3/c15-13(18)11-5-7-12(8-6-11)14(19)16-9-3-1-2-4-10-17/h5-8,17H,1-4,9-10H2,(H2,15,18)(H,16,19). The number of hydrogen-bond donors (Lipinski definition) is 3. The molecule has 0 bridgehead atoms. The molecule has 0 aliphatic carbocycles. The average molecular weight is 264 g/mol. The lowest BCUT2D eigenvalue weighted by molar-refractivity contribution is 0.0950. The quantitative estimate of drug-likeness (QED) is 0.613. The zero-order chi connectivity index (χ0) is 14.1. The first-order valence-corrected chi connectivity index (χ1v) is 6.44. The van der Waals surface area contributed by atoms with E-state index in [4.69, 9.17) is 10.8 Å². The number of nitrogens with one attached hydrogen (secondary N) is 1. The van der Waals surface area contributed by atoms with Gasteiger partial charge < -0.3 is 16.2 Å². The molecule has 5 nitrogen and oxygen atoms in total. The Morgan fingerprint density at radius 2 is 1.58 bits per heavy atom. The Bertz CT molecular complexity index is 415. The molecule has 1 rings (SSSR count). The van der Waals surface area contributed by atoms with Gasteiger partial charge in [-0.25, -0.2) is 0 Å². The first kappa shape index (κ1) is 15.2. The smallest absolute Gasteiger partial charge is 0.251 e. The van der Waals surface area contributed by atoms with E-state index in [9.17, 15) is 9.59 Å². The molecule has 1 aromatic carbocycles. The van der Waals surface area contributed by atoms with Crippen LogP contribution in [-0.2, 0) is 0 Å². The highest BCUT2D eigenvalue weighted by Gasteiger charge is 2.06. The second-order valence-corrected chi connectivity index (χ2v) is 4.34. The maximum Gasteiger partial charge on any atom is 0.251 e. The van der Waals surface area contributed by atoms with Gasteiger partial charge in [-0.15, -0.1) is 0 Å². The molecule has 0 heterocycles. The van der Waals surface area contributed by atoms with Crippen molar-refractivity contribution in [1.82, 2.24) is 5.32 Å². The Hall–Kier alpha value is -1.88. The number of carbonyl (C=O) groups excluding carboxylic acids is 2. The van der Waals surface area contributed by atoms with Gasteiger partial charge >= 0.3 is 0 Å². The van der Waals surface area contributed by atoms with Crippen LogP contribution < -0.4 is 11.1 Å². The third-order valence-electron chi connectivity index (χ3n) is 2.80. The number of nitrogens with two attached hydrogens (primary N) is 1. The maximum atomic E-state index is 11.7. The summed E-state index contributed by atoms with van der Waals surface area (Å²) < 4.78 is 0. The Kier molecular flexibility index (Phi) is 6.60.